The van der Waals surface area contributed by atoms with Crippen LogP contribution in [0.15, 0.2) is 76.2 Å². The van der Waals surface area contributed by atoms with Gasteiger partial charge in [0.1, 0.15) is 5.58 Å². The molecule has 2 aromatic carbocycles. The van der Waals surface area contributed by atoms with E-state index < -0.39 is 6.04 Å². The third-order valence-corrected chi connectivity index (χ3v) is 6.02. The molecule has 0 unspecified atom stereocenters. The first-order valence-electron chi connectivity index (χ1n) is 11.8. The van der Waals surface area contributed by atoms with E-state index in [4.69, 9.17) is 13.9 Å². The summed E-state index contributed by atoms with van der Waals surface area (Å²) in [5.74, 6) is 0.965. The van der Waals surface area contributed by atoms with E-state index in [2.05, 4.69) is 4.98 Å². The molecule has 0 saturated carbocycles. The van der Waals surface area contributed by atoms with Crippen LogP contribution >= 0.6 is 0 Å². The summed E-state index contributed by atoms with van der Waals surface area (Å²) in [5, 5.41) is 0.447. The molecule has 178 valence electrons. The van der Waals surface area contributed by atoms with Gasteiger partial charge in [0.2, 0.25) is 5.76 Å². The third-order valence-electron chi connectivity index (χ3n) is 6.02. The molecule has 0 fully saturated rings. The molecular formula is C28H26N2O5. The van der Waals surface area contributed by atoms with E-state index in [-0.39, 0.29) is 17.1 Å². The number of benzene rings is 2. The molecule has 1 atom stereocenters. The van der Waals surface area contributed by atoms with Gasteiger partial charge in [0.05, 0.1) is 30.2 Å². The minimum atomic E-state index is -0.633. The Labute approximate surface area is 202 Å². The van der Waals surface area contributed by atoms with Crippen molar-refractivity contribution < 1.29 is 18.7 Å². The lowest BCUT2D eigenvalue weighted by atomic mass is 9.98. The first-order chi connectivity index (χ1) is 17.1. The quantitative estimate of drug-likeness (QED) is 0.355. The maximum Gasteiger partial charge on any atom is 0.291 e. The van der Waals surface area contributed by atoms with Crippen molar-refractivity contribution in [3.63, 3.8) is 0 Å². The van der Waals surface area contributed by atoms with Gasteiger partial charge in [-0.2, -0.15) is 0 Å². The first-order valence-corrected chi connectivity index (χ1v) is 11.8. The summed E-state index contributed by atoms with van der Waals surface area (Å²) in [7, 11) is 0. The molecule has 0 aliphatic carbocycles. The number of carbonyl (C=O) groups excluding carboxylic acids is 1. The number of nitrogens with zero attached hydrogens (tertiary/aromatic N) is 2. The van der Waals surface area contributed by atoms with Crippen molar-refractivity contribution in [1.29, 1.82) is 0 Å². The lowest BCUT2D eigenvalue weighted by Crippen LogP contribution is -2.29. The topological polar surface area (TPSA) is 81.9 Å². The summed E-state index contributed by atoms with van der Waals surface area (Å²) in [5.41, 5.74) is 2.18. The Morgan fingerprint density at radius 2 is 1.77 bits per heavy atom. The average molecular weight is 471 g/mol. The second-order valence-corrected chi connectivity index (χ2v) is 8.35. The summed E-state index contributed by atoms with van der Waals surface area (Å²) in [4.78, 5) is 33.0. The van der Waals surface area contributed by atoms with Gasteiger partial charge in [-0.25, -0.2) is 0 Å². The number of para-hydroxylation sites is 1. The van der Waals surface area contributed by atoms with Crippen LogP contribution in [0.1, 0.15) is 53.6 Å². The Bertz CT molecular complexity index is 1430. The Kier molecular flexibility index (Phi) is 6.23. The standard InChI is InChI=1S/C28H26N2O5/c1-3-15-34-22-10-9-19(16-23(22)33-4-2)25-24-26(31)20-7-5-6-8-21(20)35-27(24)28(32)30(25)17-18-11-13-29-14-12-18/h5-14,16,25H,3-4,15,17H2,1-2H3/t25-/m1/s1. The molecule has 0 saturated heterocycles. The van der Waals surface area contributed by atoms with E-state index >= 15 is 0 Å². The van der Waals surface area contributed by atoms with Gasteiger partial charge >= 0.3 is 0 Å². The molecule has 1 aliphatic heterocycles. The van der Waals surface area contributed by atoms with Gasteiger partial charge in [-0.3, -0.25) is 14.6 Å². The fourth-order valence-corrected chi connectivity index (χ4v) is 4.46. The smallest absolute Gasteiger partial charge is 0.291 e. The van der Waals surface area contributed by atoms with E-state index in [0.717, 1.165) is 17.5 Å². The number of hydrogen-bond donors (Lipinski definition) is 0. The summed E-state index contributed by atoms with van der Waals surface area (Å²) in [6, 6.07) is 15.7. The van der Waals surface area contributed by atoms with Gasteiger partial charge in [-0.05, 0) is 60.9 Å². The van der Waals surface area contributed by atoms with Gasteiger partial charge in [-0.1, -0.05) is 25.1 Å². The molecule has 35 heavy (non-hydrogen) atoms. The van der Waals surface area contributed by atoms with E-state index in [0.29, 0.717) is 47.8 Å². The predicted octanol–water partition coefficient (Wildman–Crippen LogP) is 5.12. The second-order valence-electron chi connectivity index (χ2n) is 8.35. The zero-order valence-corrected chi connectivity index (χ0v) is 19.7. The predicted molar refractivity (Wildman–Crippen MR) is 132 cm³/mol. The van der Waals surface area contributed by atoms with Crippen LogP contribution in [0, 0.1) is 0 Å². The number of ether oxygens (including phenoxy) is 2. The van der Waals surface area contributed by atoms with Gasteiger partial charge in [0, 0.05) is 18.9 Å². The summed E-state index contributed by atoms with van der Waals surface area (Å²) in [6.45, 7) is 5.26. The highest BCUT2D eigenvalue weighted by Crippen LogP contribution is 2.41. The minimum Gasteiger partial charge on any atom is -0.490 e. The SMILES string of the molecule is CCCOc1ccc([C@@H]2c3c(oc4ccccc4c3=O)C(=O)N2Cc2ccncc2)cc1OCC. The maximum atomic E-state index is 13.7. The lowest BCUT2D eigenvalue weighted by Gasteiger charge is -2.26. The van der Waals surface area contributed by atoms with Crippen LogP contribution in [0.3, 0.4) is 0 Å². The van der Waals surface area contributed by atoms with E-state index in [1.54, 1.807) is 41.6 Å². The molecule has 2 aromatic heterocycles. The summed E-state index contributed by atoms with van der Waals surface area (Å²) >= 11 is 0. The average Bonchev–Trinajstić information content (AvgIpc) is 3.15. The van der Waals surface area contributed by atoms with Crippen molar-refractivity contribution in [2.75, 3.05) is 13.2 Å². The van der Waals surface area contributed by atoms with Crippen molar-refractivity contribution in [3.05, 3.63) is 99.7 Å². The van der Waals surface area contributed by atoms with Crippen LogP contribution < -0.4 is 14.9 Å². The van der Waals surface area contributed by atoms with Crippen molar-refractivity contribution in [2.45, 2.75) is 32.9 Å². The van der Waals surface area contributed by atoms with Crippen molar-refractivity contribution in [2.24, 2.45) is 0 Å². The molecule has 3 heterocycles. The van der Waals surface area contributed by atoms with Crippen LogP contribution in [0.5, 0.6) is 11.5 Å². The van der Waals surface area contributed by atoms with Crippen molar-refractivity contribution in [1.82, 2.24) is 9.88 Å². The molecule has 0 N–H and O–H groups in total. The largest absolute Gasteiger partial charge is 0.490 e. The fraction of sp³-hybridized carbons (Fsp3) is 0.250. The number of rotatable bonds is 8. The van der Waals surface area contributed by atoms with Gasteiger partial charge in [-0.15, -0.1) is 0 Å². The van der Waals surface area contributed by atoms with Gasteiger partial charge < -0.3 is 18.8 Å². The number of carbonyl (C=O) groups is 1. The number of pyridine rings is 1. The second kappa shape index (κ2) is 9.62. The Hall–Kier alpha value is -4.13. The molecule has 7 heteroatoms. The number of hydrogen-bond acceptors (Lipinski definition) is 6. The van der Waals surface area contributed by atoms with E-state index in [1.807, 2.05) is 44.2 Å². The zero-order chi connectivity index (χ0) is 24.4. The van der Waals surface area contributed by atoms with Crippen LogP contribution in [0.4, 0.5) is 0 Å². The molecule has 1 amide bonds. The van der Waals surface area contributed by atoms with E-state index in [1.165, 1.54) is 0 Å². The first kappa shape index (κ1) is 22.7. The van der Waals surface area contributed by atoms with Crippen LogP contribution in [-0.4, -0.2) is 29.0 Å². The lowest BCUT2D eigenvalue weighted by molar-refractivity contribution is 0.0714. The fourth-order valence-electron chi connectivity index (χ4n) is 4.46. The highest BCUT2D eigenvalue weighted by atomic mass is 16.5. The molecule has 7 nitrogen and oxygen atoms in total. The Balaban J connectivity index is 1.68. The monoisotopic (exact) mass is 470 g/mol. The maximum absolute atomic E-state index is 13.7. The molecule has 0 spiro atoms. The third kappa shape index (κ3) is 4.14. The zero-order valence-electron chi connectivity index (χ0n) is 19.7. The van der Waals surface area contributed by atoms with Crippen LogP contribution in [-0.2, 0) is 6.54 Å². The minimum absolute atomic E-state index is 0.0806. The highest BCUT2D eigenvalue weighted by molar-refractivity contribution is 5.99. The molecule has 1 aliphatic rings. The van der Waals surface area contributed by atoms with Gasteiger partial charge in [0.15, 0.2) is 16.9 Å². The van der Waals surface area contributed by atoms with Gasteiger partial charge in [0.25, 0.3) is 5.91 Å². The number of fused-ring (bicyclic) bond motifs is 2. The highest BCUT2D eigenvalue weighted by Gasteiger charge is 2.43. The van der Waals surface area contributed by atoms with Crippen molar-refractivity contribution >= 4 is 16.9 Å². The summed E-state index contributed by atoms with van der Waals surface area (Å²) in [6.07, 6.45) is 4.23. The van der Waals surface area contributed by atoms with E-state index in [9.17, 15) is 9.59 Å². The molecule has 0 radical (unpaired) electrons. The normalized spacial score (nSPS) is 14.9. The Morgan fingerprint density at radius 3 is 2.54 bits per heavy atom. The molecule has 4 aromatic rings. The Morgan fingerprint density at radius 1 is 0.971 bits per heavy atom. The number of aromatic nitrogens is 1. The molecular weight excluding hydrogens is 444 g/mol. The molecule has 5 rings (SSSR count). The summed E-state index contributed by atoms with van der Waals surface area (Å²) < 4.78 is 17.7. The molecule has 0 bridgehead atoms. The van der Waals surface area contributed by atoms with Crippen molar-refractivity contribution in [3.8, 4) is 11.5 Å². The van der Waals surface area contributed by atoms with Crippen LogP contribution in [0.2, 0.25) is 0 Å². The van der Waals surface area contributed by atoms with Crippen LogP contribution in [0.25, 0.3) is 11.0 Å². The number of amides is 1.